The summed E-state index contributed by atoms with van der Waals surface area (Å²) in [5.74, 6) is 3.50. The van der Waals surface area contributed by atoms with Crippen LogP contribution in [0.5, 0.6) is 0 Å². The van der Waals surface area contributed by atoms with Crippen LogP contribution in [0.2, 0.25) is 0 Å². The summed E-state index contributed by atoms with van der Waals surface area (Å²) in [4.78, 5) is 24.8. The van der Waals surface area contributed by atoms with Gasteiger partial charge in [0.05, 0.1) is 30.8 Å². The molecular formula is C24H31N9O. The summed E-state index contributed by atoms with van der Waals surface area (Å²) in [6.07, 6.45) is 0.794. The van der Waals surface area contributed by atoms with E-state index >= 15 is 0 Å². The Morgan fingerprint density at radius 2 is 1.74 bits per heavy atom. The fourth-order valence-electron chi connectivity index (χ4n) is 4.92. The number of nitrogens with zero attached hydrogens (tertiary/aromatic N) is 8. The van der Waals surface area contributed by atoms with Gasteiger partial charge in [0.2, 0.25) is 5.95 Å². The highest BCUT2D eigenvalue weighted by molar-refractivity contribution is 5.86. The number of aryl methyl sites for hydroxylation is 2. The number of aromatic nitrogens is 6. The largest absolute Gasteiger partial charge is 0.378 e. The first-order valence-corrected chi connectivity index (χ1v) is 12.2. The van der Waals surface area contributed by atoms with Gasteiger partial charge in [-0.15, -0.1) is 0 Å². The zero-order valence-electron chi connectivity index (χ0n) is 19.9. The molecule has 10 nitrogen and oxygen atoms in total. The molecule has 3 aromatic heterocycles. The quantitative estimate of drug-likeness (QED) is 0.479. The second-order valence-corrected chi connectivity index (χ2v) is 8.94. The number of anilines is 1. The van der Waals surface area contributed by atoms with E-state index in [4.69, 9.17) is 24.7 Å². The van der Waals surface area contributed by atoms with E-state index in [2.05, 4.69) is 44.3 Å². The van der Waals surface area contributed by atoms with Gasteiger partial charge < -0.3 is 19.5 Å². The molecule has 0 bridgehead atoms. The minimum atomic E-state index is 0.649. The van der Waals surface area contributed by atoms with E-state index in [0.717, 1.165) is 91.9 Å². The molecule has 0 amide bonds. The average Bonchev–Trinajstić information content (AvgIpc) is 3.42. The number of nitrogens with one attached hydrogen (secondary N) is 1. The van der Waals surface area contributed by atoms with Gasteiger partial charge in [-0.05, 0) is 12.1 Å². The van der Waals surface area contributed by atoms with Crippen molar-refractivity contribution in [1.82, 2.24) is 39.3 Å². The van der Waals surface area contributed by atoms with Crippen LogP contribution in [0.4, 0.5) is 5.82 Å². The molecule has 0 aliphatic carbocycles. The van der Waals surface area contributed by atoms with Gasteiger partial charge in [-0.3, -0.25) is 9.47 Å². The monoisotopic (exact) mass is 461 g/mol. The fourth-order valence-corrected chi connectivity index (χ4v) is 4.92. The van der Waals surface area contributed by atoms with Crippen molar-refractivity contribution in [3.8, 4) is 5.95 Å². The minimum absolute atomic E-state index is 0.649. The van der Waals surface area contributed by atoms with Gasteiger partial charge in [-0.1, -0.05) is 19.1 Å². The normalized spacial score (nSPS) is 17.8. The molecule has 2 fully saturated rings. The topological polar surface area (TPSA) is 89.2 Å². The molecule has 10 heteroatoms. The van der Waals surface area contributed by atoms with Crippen molar-refractivity contribution >= 4 is 28.0 Å². The van der Waals surface area contributed by atoms with Gasteiger partial charge in [0.15, 0.2) is 17.0 Å². The summed E-state index contributed by atoms with van der Waals surface area (Å²) < 4.78 is 9.86. The van der Waals surface area contributed by atoms with E-state index < -0.39 is 0 Å². The van der Waals surface area contributed by atoms with Crippen molar-refractivity contribution in [1.29, 1.82) is 0 Å². The lowest BCUT2D eigenvalue weighted by Gasteiger charge is -2.28. The Labute approximate surface area is 198 Å². The number of benzene rings is 1. The van der Waals surface area contributed by atoms with Gasteiger partial charge in [0, 0.05) is 52.7 Å². The Bertz CT molecular complexity index is 1320. The smallest absolute Gasteiger partial charge is 0.239 e. The van der Waals surface area contributed by atoms with Gasteiger partial charge in [0.25, 0.3) is 0 Å². The maximum Gasteiger partial charge on any atom is 0.239 e. The van der Waals surface area contributed by atoms with Crippen LogP contribution >= 0.6 is 0 Å². The van der Waals surface area contributed by atoms with Crippen molar-refractivity contribution in [2.75, 3.05) is 57.4 Å². The van der Waals surface area contributed by atoms with Gasteiger partial charge in [-0.2, -0.15) is 9.97 Å². The van der Waals surface area contributed by atoms with Crippen LogP contribution in [0, 0.1) is 0 Å². The lowest BCUT2D eigenvalue weighted by Crippen LogP contribution is -2.43. The highest BCUT2D eigenvalue weighted by atomic mass is 16.5. The minimum Gasteiger partial charge on any atom is -0.378 e. The molecule has 0 radical (unpaired) electrons. The van der Waals surface area contributed by atoms with Crippen LogP contribution in [0.25, 0.3) is 28.1 Å². The van der Waals surface area contributed by atoms with Crippen molar-refractivity contribution < 1.29 is 4.74 Å². The van der Waals surface area contributed by atoms with E-state index in [9.17, 15) is 0 Å². The molecule has 0 atom stereocenters. The molecular weight excluding hydrogens is 430 g/mol. The van der Waals surface area contributed by atoms with E-state index in [1.165, 1.54) is 0 Å². The third kappa shape index (κ3) is 3.71. The molecule has 0 spiro atoms. The molecule has 34 heavy (non-hydrogen) atoms. The summed E-state index contributed by atoms with van der Waals surface area (Å²) in [6.45, 7) is 9.97. The zero-order valence-corrected chi connectivity index (χ0v) is 19.9. The number of piperazine rings is 1. The Kier molecular flexibility index (Phi) is 5.64. The molecule has 4 aromatic rings. The number of rotatable bonds is 5. The summed E-state index contributed by atoms with van der Waals surface area (Å²) in [6, 6.07) is 8.19. The third-order valence-electron chi connectivity index (χ3n) is 6.81. The first kappa shape index (κ1) is 21.5. The summed E-state index contributed by atoms with van der Waals surface area (Å²) in [7, 11) is 2.07. The summed E-state index contributed by atoms with van der Waals surface area (Å²) >= 11 is 0. The molecule has 178 valence electrons. The average molecular weight is 462 g/mol. The summed E-state index contributed by atoms with van der Waals surface area (Å²) in [5, 5.41) is 3.42. The number of hydrogen-bond donors (Lipinski definition) is 1. The Morgan fingerprint density at radius 3 is 2.53 bits per heavy atom. The number of imidazole rings is 2. The van der Waals surface area contributed by atoms with Crippen LogP contribution < -0.4 is 10.2 Å². The lowest BCUT2D eigenvalue weighted by atomic mass is 10.3. The Hall–Kier alpha value is -3.08. The van der Waals surface area contributed by atoms with E-state index in [0.29, 0.717) is 19.2 Å². The fraction of sp³-hybridized carbons (Fsp3) is 0.500. The molecule has 0 saturated carbocycles. The Morgan fingerprint density at radius 1 is 0.941 bits per heavy atom. The Balaban J connectivity index is 1.53. The van der Waals surface area contributed by atoms with Crippen LogP contribution in [0.3, 0.4) is 0 Å². The second-order valence-electron chi connectivity index (χ2n) is 8.94. The predicted octanol–water partition coefficient (Wildman–Crippen LogP) is 1.51. The molecule has 2 aliphatic rings. The van der Waals surface area contributed by atoms with Gasteiger partial charge in [0.1, 0.15) is 11.6 Å². The van der Waals surface area contributed by atoms with Gasteiger partial charge in [-0.25, -0.2) is 9.97 Å². The molecule has 6 rings (SSSR count). The molecule has 0 unspecified atom stereocenters. The molecule has 2 saturated heterocycles. The number of para-hydroxylation sites is 2. The van der Waals surface area contributed by atoms with Gasteiger partial charge >= 0.3 is 0 Å². The number of morpholine rings is 1. The molecule has 1 N–H and O–H groups in total. The van der Waals surface area contributed by atoms with E-state index in [1.54, 1.807) is 0 Å². The predicted molar refractivity (Wildman–Crippen MR) is 131 cm³/mol. The lowest BCUT2D eigenvalue weighted by molar-refractivity contribution is 0.122. The first-order valence-electron chi connectivity index (χ1n) is 12.2. The van der Waals surface area contributed by atoms with Crippen molar-refractivity contribution in [2.24, 2.45) is 7.05 Å². The first-order chi connectivity index (χ1) is 16.7. The maximum absolute atomic E-state index is 5.62. The maximum atomic E-state index is 5.62. The van der Waals surface area contributed by atoms with Crippen molar-refractivity contribution in [3.63, 3.8) is 0 Å². The molecule has 1 aromatic carbocycles. The van der Waals surface area contributed by atoms with Crippen LogP contribution in [0.1, 0.15) is 18.6 Å². The molecule has 2 aliphatic heterocycles. The zero-order chi connectivity index (χ0) is 23.1. The number of hydrogen-bond acceptors (Lipinski definition) is 8. The van der Waals surface area contributed by atoms with Crippen LogP contribution in [-0.2, 0) is 24.8 Å². The van der Waals surface area contributed by atoms with Crippen molar-refractivity contribution in [2.45, 2.75) is 19.9 Å². The second kappa shape index (κ2) is 8.94. The number of fused-ring (bicyclic) bond motifs is 2. The van der Waals surface area contributed by atoms with Crippen LogP contribution in [0.15, 0.2) is 24.3 Å². The SMILES string of the molecule is CCc1nc2ccccc2n1-c1nc(N2CCOCC2)c2nc(CN3CCNCC3)n(C)c2n1. The van der Waals surface area contributed by atoms with Crippen LogP contribution in [-0.4, -0.2) is 86.5 Å². The van der Waals surface area contributed by atoms with E-state index in [-0.39, 0.29) is 0 Å². The van der Waals surface area contributed by atoms with E-state index in [1.807, 2.05) is 18.2 Å². The van der Waals surface area contributed by atoms with Crippen molar-refractivity contribution in [3.05, 3.63) is 35.9 Å². The summed E-state index contributed by atoms with van der Waals surface area (Å²) in [5.41, 5.74) is 3.70. The third-order valence-corrected chi connectivity index (χ3v) is 6.81. The number of ether oxygens (including phenoxy) is 1. The highest BCUT2D eigenvalue weighted by Crippen LogP contribution is 2.28. The highest BCUT2D eigenvalue weighted by Gasteiger charge is 2.25. The molecule has 5 heterocycles. The standard InChI is InChI=1S/C24H31N9O/c1-3-19-26-17-6-4-5-7-18(17)33(19)24-28-22-21(23(29-24)32-12-14-34-15-13-32)27-20(30(22)2)16-31-10-8-25-9-11-31/h4-7,25H,3,8-16H2,1-2H3.